The van der Waals surface area contributed by atoms with Crippen LogP contribution in [0, 0.1) is 0 Å². The average Bonchev–Trinajstić information content (AvgIpc) is 2.75. The van der Waals surface area contributed by atoms with Gasteiger partial charge in [-0.05, 0) is 63.9 Å². The molecule has 1 aliphatic heterocycles. The topological polar surface area (TPSA) is 111 Å². The molecule has 7 nitrogen and oxygen atoms in total. The molecule has 9 heteroatoms. The first-order chi connectivity index (χ1) is 15.3. The zero-order chi connectivity index (χ0) is 24.6. The summed E-state index contributed by atoms with van der Waals surface area (Å²) in [5, 5.41) is 6.62. The van der Waals surface area contributed by atoms with Gasteiger partial charge >= 0.3 is 0 Å². The normalized spacial score (nSPS) is 18.9. The fourth-order valence-electron chi connectivity index (χ4n) is 3.55. The summed E-state index contributed by atoms with van der Waals surface area (Å²) in [7, 11) is -4.42. The number of benzene rings is 2. The summed E-state index contributed by atoms with van der Waals surface area (Å²) >= 11 is 0. The van der Waals surface area contributed by atoms with E-state index in [-0.39, 0.29) is 4.90 Å². The van der Waals surface area contributed by atoms with Crippen molar-refractivity contribution in [1.82, 2.24) is 5.32 Å². The smallest absolute Gasteiger partial charge is 0.182 e. The van der Waals surface area contributed by atoms with Crippen LogP contribution >= 0.6 is 7.14 Å². The molecule has 0 saturated heterocycles. The van der Waals surface area contributed by atoms with E-state index in [0.717, 1.165) is 5.57 Å². The van der Waals surface area contributed by atoms with E-state index in [1.807, 2.05) is 6.92 Å². The average molecular weight is 490 g/mol. The van der Waals surface area contributed by atoms with Crippen LogP contribution in [0.4, 0.5) is 5.69 Å². The van der Waals surface area contributed by atoms with E-state index in [4.69, 9.17) is 10.5 Å². The van der Waals surface area contributed by atoms with Crippen molar-refractivity contribution in [1.29, 1.82) is 0 Å². The van der Waals surface area contributed by atoms with Crippen molar-refractivity contribution >= 4 is 28.0 Å². The first-order valence-corrected chi connectivity index (χ1v) is 14.7. The van der Waals surface area contributed by atoms with Crippen LogP contribution in [0.3, 0.4) is 0 Å². The lowest BCUT2D eigenvalue weighted by molar-refractivity contribution is 0.387. The van der Waals surface area contributed by atoms with E-state index in [9.17, 15) is 13.0 Å². The molecule has 0 fully saturated rings. The summed E-state index contributed by atoms with van der Waals surface area (Å²) in [5.41, 5.74) is 8.29. The highest BCUT2D eigenvalue weighted by atomic mass is 32.2. The molecular formula is C24H32N3O4PS. The zero-order valence-corrected chi connectivity index (χ0v) is 21.6. The molecule has 0 aliphatic carbocycles. The van der Waals surface area contributed by atoms with Gasteiger partial charge in [0.2, 0.25) is 0 Å². The molecule has 0 aromatic heterocycles. The second-order valence-corrected chi connectivity index (χ2v) is 14.5. The molecule has 0 spiro atoms. The number of hydrogen-bond donors (Lipinski definition) is 3. The van der Waals surface area contributed by atoms with Crippen molar-refractivity contribution in [3.8, 4) is 5.75 Å². The van der Waals surface area contributed by atoms with Crippen LogP contribution in [0.2, 0.25) is 0 Å². The van der Waals surface area contributed by atoms with Crippen molar-refractivity contribution in [2.75, 3.05) is 25.8 Å². The third kappa shape index (κ3) is 5.03. The van der Waals surface area contributed by atoms with Crippen LogP contribution in [0.1, 0.15) is 26.3 Å². The van der Waals surface area contributed by atoms with Crippen LogP contribution in [0.15, 0.2) is 70.9 Å². The molecule has 3 rings (SSSR count). The van der Waals surface area contributed by atoms with E-state index < -0.39 is 27.9 Å². The van der Waals surface area contributed by atoms with Gasteiger partial charge in [-0.25, -0.2) is 8.42 Å². The van der Waals surface area contributed by atoms with Crippen LogP contribution in [-0.4, -0.2) is 34.1 Å². The third-order valence-corrected chi connectivity index (χ3v) is 9.39. The lowest BCUT2D eigenvalue weighted by Crippen LogP contribution is -2.49. The molecule has 1 unspecified atom stereocenters. The zero-order valence-electron chi connectivity index (χ0n) is 19.8. The number of sulfone groups is 1. The minimum absolute atomic E-state index is 0.235. The predicted octanol–water partition coefficient (Wildman–Crippen LogP) is 3.74. The molecule has 0 bridgehead atoms. The molecule has 0 amide bonds. The Bertz CT molecular complexity index is 1280. The number of ether oxygens (including phenoxy) is 1. The molecule has 2 aromatic rings. The number of nitrogens with one attached hydrogen (secondary N) is 2. The molecule has 33 heavy (non-hydrogen) atoms. The largest absolute Gasteiger partial charge is 0.496 e. The van der Waals surface area contributed by atoms with Crippen molar-refractivity contribution < 1.29 is 17.7 Å². The summed E-state index contributed by atoms with van der Waals surface area (Å²) in [5.74, 6) is 0.512. The van der Waals surface area contributed by atoms with Crippen LogP contribution in [0.5, 0.6) is 5.75 Å². The first-order valence-electron chi connectivity index (χ1n) is 10.6. The van der Waals surface area contributed by atoms with E-state index in [1.165, 1.54) is 0 Å². The highest BCUT2D eigenvalue weighted by Crippen LogP contribution is 2.39. The van der Waals surface area contributed by atoms with Gasteiger partial charge in [0, 0.05) is 22.8 Å². The lowest BCUT2D eigenvalue weighted by atomic mass is 9.94. The van der Waals surface area contributed by atoms with Gasteiger partial charge in [-0.3, -0.25) is 0 Å². The number of nitrogens with two attached hydrogens (primary N) is 1. The highest BCUT2D eigenvalue weighted by Gasteiger charge is 2.32. The second-order valence-electron chi connectivity index (χ2n) is 8.85. The number of allylic oxidation sites excluding steroid dienone is 1. The standard InChI is InChI=1S/C24H32N3O4PS/c1-16(2)33(29,30)23-10-8-7-9-20(23)27-21-14-24(25,26-15-17(21)3)19-12-11-18(32(5,6)28)13-22(19)31-4/h7-16,26-27H,25H2,1-6H3. The van der Waals surface area contributed by atoms with E-state index in [1.54, 1.807) is 89.0 Å². The van der Waals surface area contributed by atoms with Gasteiger partial charge in [-0.15, -0.1) is 0 Å². The number of anilines is 1. The quantitative estimate of drug-likeness (QED) is 0.508. The van der Waals surface area contributed by atoms with Gasteiger partial charge in [-0.1, -0.05) is 24.3 Å². The SMILES string of the molecule is COc1cc(P(C)(C)=O)ccc1C1(N)C=C(Nc2ccccc2S(=O)(=O)C(C)C)C(C)=CN1. The molecule has 4 N–H and O–H groups in total. The van der Waals surface area contributed by atoms with E-state index in [2.05, 4.69) is 10.6 Å². The summed E-state index contributed by atoms with van der Waals surface area (Å²) in [4.78, 5) is 0.235. The molecule has 1 atom stereocenters. The number of rotatable bonds is 7. The maximum absolute atomic E-state index is 12.9. The van der Waals surface area contributed by atoms with E-state index >= 15 is 0 Å². The van der Waals surface area contributed by atoms with Gasteiger partial charge in [0.1, 0.15) is 18.6 Å². The minimum Gasteiger partial charge on any atom is -0.496 e. The monoisotopic (exact) mass is 489 g/mol. The molecular weight excluding hydrogens is 457 g/mol. The molecule has 0 radical (unpaired) electrons. The summed E-state index contributed by atoms with van der Waals surface area (Å²) in [6.07, 6.45) is 3.58. The Hall–Kier alpha value is -2.54. The third-order valence-electron chi connectivity index (χ3n) is 5.66. The van der Waals surface area contributed by atoms with Gasteiger partial charge < -0.3 is 25.7 Å². The number of methoxy groups -OCH3 is 1. The molecule has 1 aliphatic rings. The van der Waals surface area contributed by atoms with Gasteiger partial charge in [-0.2, -0.15) is 0 Å². The Morgan fingerprint density at radius 1 is 1.15 bits per heavy atom. The first kappa shape index (κ1) is 25.1. The van der Waals surface area contributed by atoms with Crippen molar-refractivity contribution in [2.24, 2.45) is 5.73 Å². The molecule has 178 valence electrons. The maximum atomic E-state index is 12.9. The van der Waals surface area contributed by atoms with Crippen LogP contribution < -0.4 is 26.4 Å². The minimum atomic E-state index is -3.49. The van der Waals surface area contributed by atoms with E-state index in [0.29, 0.717) is 28.0 Å². The Labute approximate surface area is 196 Å². The summed E-state index contributed by atoms with van der Waals surface area (Å²) in [6, 6.07) is 12.2. The Morgan fingerprint density at radius 2 is 1.82 bits per heavy atom. The molecule has 1 heterocycles. The fourth-order valence-corrected chi connectivity index (χ4v) is 5.62. The van der Waals surface area contributed by atoms with Crippen LogP contribution in [0.25, 0.3) is 0 Å². The Morgan fingerprint density at radius 3 is 2.42 bits per heavy atom. The number of para-hydroxylation sites is 1. The Kier molecular flexibility index (Phi) is 6.85. The summed E-state index contributed by atoms with van der Waals surface area (Å²) in [6.45, 7) is 8.63. The molecule has 0 saturated carbocycles. The van der Waals surface area contributed by atoms with Crippen molar-refractivity contribution in [3.05, 3.63) is 71.6 Å². The Balaban J connectivity index is 2.07. The number of hydrogen-bond acceptors (Lipinski definition) is 7. The van der Waals surface area contributed by atoms with Gasteiger partial charge in [0.05, 0.1) is 22.9 Å². The van der Waals surface area contributed by atoms with Crippen LogP contribution in [-0.2, 0) is 20.1 Å². The second kappa shape index (κ2) is 9.01. The highest BCUT2D eigenvalue weighted by molar-refractivity contribution is 7.92. The predicted molar refractivity (Wildman–Crippen MR) is 135 cm³/mol. The van der Waals surface area contributed by atoms with Crippen molar-refractivity contribution in [2.45, 2.75) is 36.6 Å². The van der Waals surface area contributed by atoms with Gasteiger partial charge in [0.25, 0.3) is 0 Å². The summed E-state index contributed by atoms with van der Waals surface area (Å²) < 4.78 is 43.8. The van der Waals surface area contributed by atoms with Crippen molar-refractivity contribution in [3.63, 3.8) is 0 Å². The van der Waals surface area contributed by atoms with Gasteiger partial charge in [0.15, 0.2) is 9.84 Å². The molecule has 2 aromatic carbocycles. The number of dihydropyridines is 1. The fraction of sp³-hybridized carbons (Fsp3) is 0.333. The maximum Gasteiger partial charge on any atom is 0.182 e. The lowest BCUT2D eigenvalue weighted by Gasteiger charge is -2.34.